The molecular formula is C11H7BrClNO2. The Balaban J connectivity index is 2.57. The normalized spacial score (nSPS) is 15.1. The average molecular weight is 301 g/mol. The van der Waals surface area contributed by atoms with E-state index in [0.29, 0.717) is 16.2 Å². The van der Waals surface area contributed by atoms with Crippen LogP contribution in [0.15, 0.2) is 22.7 Å². The van der Waals surface area contributed by atoms with Crippen LogP contribution in [0, 0.1) is 6.92 Å². The molecule has 0 radical (unpaired) electrons. The molecule has 82 valence electrons. The number of carbonyl (C=O) groups is 2. The highest BCUT2D eigenvalue weighted by molar-refractivity contribution is 9.10. The van der Waals surface area contributed by atoms with E-state index in [4.69, 9.17) is 11.6 Å². The summed E-state index contributed by atoms with van der Waals surface area (Å²) in [5.41, 5.74) is 1.86. The Kier molecular flexibility index (Phi) is 2.86. The number of nitrogens with one attached hydrogen (secondary N) is 1. The number of halogens is 2. The lowest BCUT2D eigenvalue weighted by Crippen LogP contribution is -2.21. The average Bonchev–Trinajstić information content (AvgIpc) is 2.51. The molecule has 16 heavy (non-hydrogen) atoms. The summed E-state index contributed by atoms with van der Waals surface area (Å²) in [6.45, 7) is 1.87. The largest absolute Gasteiger partial charge is 0.289 e. The van der Waals surface area contributed by atoms with Crippen LogP contribution in [0.25, 0.3) is 5.57 Å². The lowest BCUT2D eigenvalue weighted by Gasteiger charge is -2.06. The molecule has 0 unspecified atom stereocenters. The van der Waals surface area contributed by atoms with Crippen molar-refractivity contribution in [2.75, 3.05) is 0 Å². The van der Waals surface area contributed by atoms with Crippen molar-refractivity contribution in [1.82, 2.24) is 5.32 Å². The van der Waals surface area contributed by atoms with Crippen molar-refractivity contribution < 1.29 is 9.59 Å². The molecule has 0 aromatic heterocycles. The molecule has 0 saturated carbocycles. The van der Waals surface area contributed by atoms with Gasteiger partial charge in [0.1, 0.15) is 0 Å². The summed E-state index contributed by atoms with van der Waals surface area (Å²) in [4.78, 5) is 22.5. The van der Waals surface area contributed by atoms with Crippen LogP contribution in [0.1, 0.15) is 11.1 Å². The van der Waals surface area contributed by atoms with Crippen molar-refractivity contribution in [1.29, 1.82) is 0 Å². The maximum Gasteiger partial charge on any atom is 0.258 e. The van der Waals surface area contributed by atoms with Crippen molar-refractivity contribution in [3.8, 4) is 0 Å². The third kappa shape index (κ3) is 1.90. The van der Waals surface area contributed by atoms with Crippen molar-refractivity contribution in [2.45, 2.75) is 6.92 Å². The number of hydrogen-bond acceptors (Lipinski definition) is 2. The minimum atomic E-state index is -0.399. The van der Waals surface area contributed by atoms with Gasteiger partial charge in [-0.15, -0.1) is 0 Å². The molecule has 0 aliphatic carbocycles. The van der Waals surface area contributed by atoms with E-state index in [1.807, 2.05) is 13.0 Å². The van der Waals surface area contributed by atoms with Crippen molar-refractivity contribution >= 4 is 44.9 Å². The van der Waals surface area contributed by atoms with Gasteiger partial charge in [-0.1, -0.05) is 27.5 Å². The minimum absolute atomic E-state index is 0.332. The third-order valence-corrected chi connectivity index (χ3v) is 3.36. The summed E-state index contributed by atoms with van der Waals surface area (Å²) in [6, 6.07) is 3.49. The zero-order valence-electron chi connectivity index (χ0n) is 8.30. The first-order valence-corrected chi connectivity index (χ1v) is 5.69. The zero-order valence-corrected chi connectivity index (χ0v) is 10.6. The van der Waals surface area contributed by atoms with Gasteiger partial charge < -0.3 is 0 Å². The summed E-state index contributed by atoms with van der Waals surface area (Å²) < 4.78 is 0.741. The second-order valence-corrected chi connectivity index (χ2v) is 4.72. The molecule has 0 bridgehead atoms. The molecule has 0 fully saturated rings. The number of rotatable bonds is 1. The van der Waals surface area contributed by atoms with Gasteiger partial charge in [-0.2, -0.15) is 0 Å². The SMILES string of the molecule is Cc1cc(Br)c(C2=CC(=O)NC2=O)cc1Cl. The Morgan fingerprint density at radius 2 is 2.00 bits per heavy atom. The monoisotopic (exact) mass is 299 g/mol. The number of imide groups is 1. The van der Waals surface area contributed by atoms with Crippen LogP contribution in [0.3, 0.4) is 0 Å². The molecule has 1 aliphatic rings. The lowest BCUT2D eigenvalue weighted by atomic mass is 10.0. The lowest BCUT2D eigenvalue weighted by molar-refractivity contribution is -0.123. The van der Waals surface area contributed by atoms with E-state index in [1.54, 1.807) is 6.07 Å². The smallest absolute Gasteiger partial charge is 0.258 e. The number of benzene rings is 1. The molecule has 1 aromatic rings. The Bertz CT molecular complexity index is 537. The van der Waals surface area contributed by atoms with Gasteiger partial charge >= 0.3 is 0 Å². The van der Waals surface area contributed by atoms with E-state index in [-0.39, 0.29) is 0 Å². The van der Waals surface area contributed by atoms with Gasteiger partial charge in [0, 0.05) is 21.1 Å². The first-order chi connectivity index (χ1) is 7.49. The standard InChI is InChI=1S/C11H7BrClNO2/c1-5-2-8(12)6(3-9(5)13)7-4-10(15)14-11(7)16/h2-4H,1H3,(H,14,15,16). The second kappa shape index (κ2) is 4.03. The van der Waals surface area contributed by atoms with E-state index in [1.165, 1.54) is 6.08 Å². The second-order valence-electron chi connectivity index (χ2n) is 3.46. The first kappa shape index (κ1) is 11.4. The van der Waals surface area contributed by atoms with E-state index < -0.39 is 11.8 Å². The summed E-state index contributed by atoms with van der Waals surface area (Å²) in [6.07, 6.45) is 1.27. The van der Waals surface area contributed by atoms with Gasteiger partial charge in [0.2, 0.25) is 0 Å². The highest BCUT2D eigenvalue weighted by Gasteiger charge is 2.24. The van der Waals surface area contributed by atoms with Gasteiger partial charge in [0.25, 0.3) is 11.8 Å². The molecule has 2 rings (SSSR count). The highest BCUT2D eigenvalue weighted by atomic mass is 79.9. The maximum atomic E-state index is 11.5. The molecule has 0 atom stereocenters. The molecule has 0 saturated heterocycles. The van der Waals surface area contributed by atoms with E-state index in [9.17, 15) is 9.59 Å². The predicted molar refractivity (Wildman–Crippen MR) is 65.0 cm³/mol. The van der Waals surface area contributed by atoms with Gasteiger partial charge in [0.05, 0.1) is 5.57 Å². The fourth-order valence-electron chi connectivity index (χ4n) is 1.46. The van der Waals surface area contributed by atoms with Crippen molar-refractivity contribution in [3.63, 3.8) is 0 Å². The Morgan fingerprint density at radius 1 is 1.31 bits per heavy atom. The van der Waals surface area contributed by atoms with E-state index >= 15 is 0 Å². The molecule has 1 N–H and O–H groups in total. The number of hydrogen-bond donors (Lipinski definition) is 1. The highest BCUT2D eigenvalue weighted by Crippen LogP contribution is 2.31. The molecule has 1 aromatic carbocycles. The molecular weight excluding hydrogens is 293 g/mol. The van der Waals surface area contributed by atoms with Crippen LogP contribution in [0.5, 0.6) is 0 Å². The van der Waals surface area contributed by atoms with Crippen molar-refractivity contribution in [3.05, 3.63) is 38.8 Å². The molecule has 1 aliphatic heterocycles. The van der Waals surface area contributed by atoms with Crippen LogP contribution in [0.2, 0.25) is 5.02 Å². The topological polar surface area (TPSA) is 46.2 Å². The molecule has 0 spiro atoms. The summed E-state index contributed by atoms with van der Waals surface area (Å²) in [5.74, 6) is -0.797. The van der Waals surface area contributed by atoms with Crippen molar-refractivity contribution in [2.24, 2.45) is 0 Å². The predicted octanol–water partition coefficient (Wildman–Crippen LogP) is 2.45. The van der Waals surface area contributed by atoms with Crippen LogP contribution in [-0.4, -0.2) is 11.8 Å². The summed E-state index contributed by atoms with van der Waals surface area (Å²) >= 11 is 9.33. The van der Waals surface area contributed by atoms with E-state index in [2.05, 4.69) is 21.2 Å². The maximum absolute atomic E-state index is 11.5. The molecule has 3 nitrogen and oxygen atoms in total. The molecule has 1 heterocycles. The van der Waals surface area contributed by atoms with Gasteiger partial charge in [-0.25, -0.2) is 0 Å². The third-order valence-electron chi connectivity index (χ3n) is 2.30. The first-order valence-electron chi connectivity index (χ1n) is 4.52. The number of aryl methyl sites for hydroxylation is 1. The fraction of sp³-hybridized carbons (Fsp3) is 0.0909. The summed E-state index contributed by atoms with van der Waals surface area (Å²) in [7, 11) is 0. The Labute approximate surface area is 106 Å². The Hall–Kier alpha value is -1.13. The van der Waals surface area contributed by atoms with Gasteiger partial charge in [-0.05, 0) is 24.6 Å². The number of carbonyl (C=O) groups excluding carboxylic acids is 2. The van der Waals surface area contributed by atoms with Crippen LogP contribution >= 0.6 is 27.5 Å². The zero-order chi connectivity index (χ0) is 11.9. The van der Waals surface area contributed by atoms with Crippen LogP contribution in [0.4, 0.5) is 0 Å². The Morgan fingerprint density at radius 3 is 2.56 bits per heavy atom. The van der Waals surface area contributed by atoms with Gasteiger partial charge in [0.15, 0.2) is 0 Å². The molecule has 5 heteroatoms. The summed E-state index contributed by atoms with van der Waals surface area (Å²) in [5, 5.41) is 2.75. The fourth-order valence-corrected chi connectivity index (χ4v) is 2.30. The van der Waals surface area contributed by atoms with Crippen LogP contribution < -0.4 is 5.32 Å². The number of amides is 2. The quantitative estimate of drug-likeness (QED) is 0.810. The van der Waals surface area contributed by atoms with Gasteiger partial charge in [-0.3, -0.25) is 14.9 Å². The molecule has 2 amide bonds. The van der Waals surface area contributed by atoms with E-state index in [0.717, 1.165) is 10.0 Å². The van der Waals surface area contributed by atoms with Crippen LogP contribution in [-0.2, 0) is 9.59 Å². The minimum Gasteiger partial charge on any atom is -0.289 e.